The van der Waals surface area contributed by atoms with Crippen LogP contribution in [0.2, 0.25) is 0 Å². The summed E-state index contributed by atoms with van der Waals surface area (Å²) in [6.07, 6.45) is 1.95. The number of anilines is 1. The van der Waals surface area contributed by atoms with Crippen LogP contribution in [-0.2, 0) is 6.42 Å². The number of para-hydroxylation sites is 1. The van der Waals surface area contributed by atoms with Crippen molar-refractivity contribution in [1.29, 1.82) is 0 Å². The van der Waals surface area contributed by atoms with E-state index in [0.717, 1.165) is 27.7 Å². The number of nitrogens with one attached hydrogen (secondary N) is 1. The lowest BCUT2D eigenvalue weighted by molar-refractivity contribution is 0.102. The minimum atomic E-state index is -0.208. The third kappa shape index (κ3) is 3.50. The van der Waals surface area contributed by atoms with E-state index in [4.69, 9.17) is 0 Å². The number of aromatic hydroxyl groups is 1. The molecule has 0 unspecified atom stereocenters. The first-order chi connectivity index (χ1) is 9.61. The van der Waals surface area contributed by atoms with Crippen molar-refractivity contribution < 1.29 is 9.90 Å². The number of amides is 1. The summed E-state index contributed by atoms with van der Waals surface area (Å²) in [6, 6.07) is 12.7. The number of hydrogen-bond donors (Lipinski definition) is 2. The fourth-order valence-corrected chi connectivity index (χ4v) is 2.31. The van der Waals surface area contributed by atoms with Gasteiger partial charge < -0.3 is 10.4 Å². The quantitative estimate of drug-likeness (QED) is 0.780. The summed E-state index contributed by atoms with van der Waals surface area (Å²) < 4.78 is 0.727. The van der Waals surface area contributed by atoms with Crippen LogP contribution in [0.25, 0.3) is 0 Å². The van der Waals surface area contributed by atoms with E-state index in [1.807, 2.05) is 46.9 Å². The summed E-state index contributed by atoms with van der Waals surface area (Å²) in [5.74, 6) is -0.0830. The standard InChI is InChI=1S/C16H16INO2/c1-2-5-11-6-3-4-7-14(11)18-16(20)12-8-9-13(17)15(19)10-12/h3-4,6-10,19H,2,5H2,1H3,(H,18,20). The van der Waals surface area contributed by atoms with Gasteiger partial charge in [0.15, 0.2) is 0 Å². The van der Waals surface area contributed by atoms with Gasteiger partial charge in [0.05, 0.1) is 3.57 Å². The molecule has 0 aromatic heterocycles. The molecule has 0 aliphatic heterocycles. The van der Waals surface area contributed by atoms with Crippen LogP contribution in [0.1, 0.15) is 29.3 Å². The molecule has 1 amide bonds. The van der Waals surface area contributed by atoms with E-state index in [0.29, 0.717) is 5.56 Å². The fourth-order valence-electron chi connectivity index (χ4n) is 1.98. The van der Waals surface area contributed by atoms with Gasteiger partial charge in [-0.1, -0.05) is 31.5 Å². The number of hydrogen-bond acceptors (Lipinski definition) is 2. The smallest absolute Gasteiger partial charge is 0.255 e. The monoisotopic (exact) mass is 381 g/mol. The molecule has 0 saturated carbocycles. The molecule has 2 aromatic rings. The topological polar surface area (TPSA) is 49.3 Å². The number of aryl methyl sites for hydroxylation is 1. The van der Waals surface area contributed by atoms with Crippen LogP contribution >= 0.6 is 22.6 Å². The van der Waals surface area contributed by atoms with Crippen molar-refractivity contribution in [3.8, 4) is 5.75 Å². The lowest BCUT2D eigenvalue weighted by atomic mass is 10.1. The molecule has 2 aromatic carbocycles. The number of rotatable bonds is 4. The van der Waals surface area contributed by atoms with E-state index in [2.05, 4.69) is 12.2 Å². The highest BCUT2D eigenvalue weighted by Crippen LogP contribution is 2.22. The third-order valence-electron chi connectivity index (χ3n) is 2.99. The van der Waals surface area contributed by atoms with Gasteiger partial charge in [0.25, 0.3) is 5.91 Å². The maximum absolute atomic E-state index is 12.2. The first-order valence-electron chi connectivity index (χ1n) is 6.49. The van der Waals surface area contributed by atoms with E-state index in [9.17, 15) is 9.90 Å². The van der Waals surface area contributed by atoms with Crippen molar-refractivity contribution in [2.45, 2.75) is 19.8 Å². The first-order valence-corrected chi connectivity index (χ1v) is 7.57. The molecule has 104 valence electrons. The highest BCUT2D eigenvalue weighted by molar-refractivity contribution is 14.1. The lowest BCUT2D eigenvalue weighted by Crippen LogP contribution is -2.13. The molecule has 4 heteroatoms. The van der Waals surface area contributed by atoms with E-state index in [1.54, 1.807) is 12.1 Å². The second-order valence-electron chi connectivity index (χ2n) is 4.53. The normalized spacial score (nSPS) is 10.3. The molecule has 0 radical (unpaired) electrons. The van der Waals surface area contributed by atoms with Gasteiger partial charge in [0.2, 0.25) is 0 Å². The maximum Gasteiger partial charge on any atom is 0.255 e. The lowest BCUT2D eigenvalue weighted by Gasteiger charge is -2.10. The molecule has 0 spiro atoms. The van der Waals surface area contributed by atoms with Gasteiger partial charge >= 0.3 is 0 Å². The molecule has 0 fully saturated rings. The molecule has 2 N–H and O–H groups in total. The molecule has 2 rings (SSSR count). The Kier molecular flexibility index (Phi) is 5.00. The number of benzene rings is 2. The zero-order valence-corrected chi connectivity index (χ0v) is 13.3. The summed E-state index contributed by atoms with van der Waals surface area (Å²) >= 11 is 2.02. The Morgan fingerprint density at radius 1 is 1.25 bits per heavy atom. The Morgan fingerprint density at radius 2 is 2.00 bits per heavy atom. The number of carbonyl (C=O) groups is 1. The summed E-state index contributed by atoms with van der Waals surface area (Å²) in [5.41, 5.74) is 2.41. The number of carbonyl (C=O) groups excluding carboxylic acids is 1. The molecule has 0 aliphatic carbocycles. The highest BCUT2D eigenvalue weighted by Gasteiger charge is 2.10. The minimum absolute atomic E-state index is 0.125. The van der Waals surface area contributed by atoms with Crippen molar-refractivity contribution in [2.24, 2.45) is 0 Å². The third-order valence-corrected chi connectivity index (χ3v) is 3.91. The second kappa shape index (κ2) is 6.74. The van der Waals surface area contributed by atoms with Gasteiger partial charge in [-0.3, -0.25) is 4.79 Å². The molecular weight excluding hydrogens is 365 g/mol. The molecule has 0 bridgehead atoms. The van der Waals surface area contributed by atoms with E-state index in [1.165, 1.54) is 6.07 Å². The van der Waals surface area contributed by atoms with Crippen LogP contribution in [-0.4, -0.2) is 11.0 Å². The van der Waals surface area contributed by atoms with Gasteiger partial charge in [-0.2, -0.15) is 0 Å². The van der Waals surface area contributed by atoms with Crippen molar-refractivity contribution in [2.75, 3.05) is 5.32 Å². The highest BCUT2D eigenvalue weighted by atomic mass is 127. The van der Waals surface area contributed by atoms with Crippen LogP contribution in [0, 0.1) is 3.57 Å². The summed E-state index contributed by atoms with van der Waals surface area (Å²) in [7, 11) is 0. The largest absolute Gasteiger partial charge is 0.507 e. The molecule has 0 aliphatic rings. The SMILES string of the molecule is CCCc1ccccc1NC(=O)c1ccc(I)c(O)c1. The Balaban J connectivity index is 2.21. The summed E-state index contributed by atoms with van der Waals surface area (Å²) in [5, 5.41) is 12.6. The van der Waals surface area contributed by atoms with Gasteiger partial charge in [0, 0.05) is 11.3 Å². The molecule has 0 saturated heterocycles. The average Bonchev–Trinajstić information content (AvgIpc) is 2.44. The van der Waals surface area contributed by atoms with E-state index in [-0.39, 0.29) is 11.7 Å². The fraction of sp³-hybridized carbons (Fsp3) is 0.188. The minimum Gasteiger partial charge on any atom is -0.507 e. The van der Waals surface area contributed by atoms with Gasteiger partial charge in [-0.15, -0.1) is 0 Å². The maximum atomic E-state index is 12.2. The molecule has 3 nitrogen and oxygen atoms in total. The summed E-state index contributed by atoms with van der Waals surface area (Å²) in [6.45, 7) is 2.11. The first kappa shape index (κ1) is 14.8. The van der Waals surface area contributed by atoms with E-state index >= 15 is 0 Å². The van der Waals surface area contributed by atoms with Crippen molar-refractivity contribution in [1.82, 2.24) is 0 Å². The number of phenolic OH excluding ortho intramolecular Hbond substituents is 1. The number of phenols is 1. The van der Waals surface area contributed by atoms with Crippen molar-refractivity contribution in [3.05, 3.63) is 57.2 Å². The number of halogens is 1. The van der Waals surface area contributed by atoms with Crippen molar-refractivity contribution in [3.63, 3.8) is 0 Å². The molecular formula is C16H16INO2. The molecule has 20 heavy (non-hydrogen) atoms. The van der Waals surface area contributed by atoms with Gasteiger partial charge in [-0.05, 0) is 58.8 Å². The zero-order chi connectivity index (χ0) is 14.5. The van der Waals surface area contributed by atoms with Crippen molar-refractivity contribution >= 4 is 34.2 Å². The zero-order valence-electron chi connectivity index (χ0n) is 11.2. The predicted octanol–water partition coefficient (Wildman–Crippen LogP) is 4.20. The second-order valence-corrected chi connectivity index (χ2v) is 5.69. The molecule has 0 heterocycles. The van der Waals surface area contributed by atoms with Crippen LogP contribution in [0.15, 0.2) is 42.5 Å². The Bertz CT molecular complexity index is 626. The van der Waals surface area contributed by atoms with Crippen LogP contribution < -0.4 is 5.32 Å². The Labute approximate surface area is 132 Å². The van der Waals surface area contributed by atoms with Crippen LogP contribution in [0.5, 0.6) is 5.75 Å². The van der Waals surface area contributed by atoms with E-state index < -0.39 is 0 Å². The molecule has 0 atom stereocenters. The Morgan fingerprint density at radius 3 is 2.70 bits per heavy atom. The van der Waals surface area contributed by atoms with Gasteiger partial charge in [0.1, 0.15) is 5.75 Å². The van der Waals surface area contributed by atoms with Gasteiger partial charge in [-0.25, -0.2) is 0 Å². The summed E-state index contributed by atoms with van der Waals surface area (Å²) in [4.78, 5) is 12.2. The Hall–Kier alpha value is -1.56. The van der Waals surface area contributed by atoms with Crippen LogP contribution in [0.4, 0.5) is 5.69 Å². The predicted molar refractivity (Wildman–Crippen MR) is 89.2 cm³/mol. The average molecular weight is 381 g/mol. The van der Waals surface area contributed by atoms with Crippen LogP contribution in [0.3, 0.4) is 0 Å².